The third-order valence-corrected chi connectivity index (χ3v) is 2.24. The lowest BCUT2D eigenvalue weighted by Gasteiger charge is -2.26. The predicted molar refractivity (Wildman–Crippen MR) is 56.6 cm³/mol. The van der Waals surface area contributed by atoms with Crippen molar-refractivity contribution in [3.63, 3.8) is 0 Å². The molecule has 0 aliphatic heterocycles. The highest BCUT2D eigenvalue weighted by Gasteiger charge is 2.32. The van der Waals surface area contributed by atoms with Crippen LogP contribution in [0, 0.1) is 0 Å². The fourth-order valence-corrected chi connectivity index (χ4v) is 1.65. The molecule has 0 aliphatic carbocycles. The molecule has 0 amide bonds. The van der Waals surface area contributed by atoms with Crippen LogP contribution in [-0.2, 0) is 19.6 Å². The highest BCUT2D eigenvalue weighted by atomic mass is 32.2. The van der Waals surface area contributed by atoms with Gasteiger partial charge in [-0.1, -0.05) is 12.2 Å². The molecule has 5 nitrogen and oxygen atoms in total. The van der Waals surface area contributed by atoms with Crippen molar-refractivity contribution >= 4 is 10.1 Å². The molecule has 0 rings (SSSR count). The molecule has 0 aromatic rings. The molecular weight excluding hydrogens is 220 g/mol. The Morgan fingerprint density at radius 1 is 1.20 bits per heavy atom. The summed E-state index contributed by atoms with van der Waals surface area (Å²) in [5.41, 5.74) is 0. The van der Waals surface area contributed by atoms with E-state index < -0.39 is 21.7 Å². The lowest BCUT2D eigenvalue weighted by Crippen LogP contribution is -2.37. The number of hydrogen-bond acceptors (Lipinski definition) is 4. The predicted octanol–water partition coefficient (Wildman–Crippen LogP) is 1.69. The Morgan fingerprint density at radius 3 is 1.87 bits per heavy atom. The van der Waals surface area contributed by atoms with Crippen LogP contribution in [0.1, 0.15) is 20.8 Å². The molecule has 0 saturated carbocycles. The summed E-state index contributed by atoms with van der Waals surface area (Å²) in [6.07, 6.45) is 5.77. The van der Waals surface area contributed by atoms with E-state index in [-0.39, 0.29) is 0 Å². The number of hydrogen-bond donors (Lipinski definition) is 1. The van der Waals surface area contributed by atoms with Gasteiger partial charge in [0.15, 0.2) is 5.75 Å². The molecule has 0 unspecified atom stereocenters. The Balaban J connectivity index is 4.68. The zero-order valence-electron chi connectivity index (χ0n) is 9.00. The van der Waals surface area contributed by atoms with Crippen molar-refractivity contribution in [1.29, 1.82) is 0 Å². The highest BCUT2D eigenvalue weighted by molar-refractivity contribution is 7.85. The van der Waals surface area contributed by atoms with Crippen molar-refractivity contribution in [2.45, 2.75) is 26.6 Å². The van der Waals surface area contributed by atoms with Crippen LogP contribution >= 0.6 is 0 Å². The van der Waals surface area contributed by atoms with Gasteiger partial charge in [0, 0.05) is 6.92 Å². The van der Waals surface area contributed by atoms with E-state index in [9.17, 15) is 8.42 Å². The minimum Gasteiger partial charge on any atom is -0.459 e. The van der Waals surface area contributed by atoms with Crippen molar-refractivity contribution in [3.8, 4) is 0 Å². The maximum absolute atomic E-state index is 10.7. The lowest BCUT2D eigenvalue weighted by molar-refractivity contribution is -0.140. The molecule has 0 heterocycles. The average Bonchev–Trinajstić information content (AvgIpc) is 2.09. The molecule has 1 N–H and O–H groups in total. The van der Waals surface area contributed by atoms with E-state index in [2.05, 4.69) is 0 Å². The molecule has 0 aromatic heterocycles. The Labute approximate surface area is 90.1 Å². The second kappa shape index (κ2) is 5.77. The zero-order chi connectivity index (χ0) is 11.9. The second-order valence-corrected chi connectivity index (χ2v) is 4.49. The van der Waals surface area contributed by atoms with E-state index >= 15 is 0 Å². The van der Waals surface area contributed by atoms with Crippen molar-refractivity contribution in [2.75, 3.05) is 5.75 Å². The Hall–Kier alpha value is -1.01. The SMILES string of the molecule is CC=COC(C)(CS(=O)(=O)O)OC=CC. The van der Waals surface area contributed by atoms with Gasteiger partial charge in [-0.05, 0) is 13.8 Å². The third kappa shape index (κ3) is 6.98. The van der Waals surface area contributed by atoms with Crippen LogP contribution in [0.4, 0.5) is 0 Å². The molecule has 0 aliphatic rings. The van der Waals surface area contributed by atoms with Crippen molar-refractivity contribution < 1.29 is 22.4 Å². The van der Waals surface area contributed by atoms with Gasteiger partial charge in [0.25, 0.3) is 15.9 Å². The van der Waals surface area contributed by atoms with E-state index in [1.54, 1.807) is 26.0 Å². The van der Waals surface area contributed by atoms with Crippen LogP contribution in [-0.4, -0.2) is 24.5 Å². The number of allylic oxidation sites excluding steroid dienone is 2. The minimum absolute atomic E-state index is 0.644. The fraction of sp³-hybridized carbons (Fsp3) is 0.556. The molecule has 0 bridgehead atoms. The molecule has 6 heteroatoms. The van der Waals surface area contributed by atoms with Crippen LogP contribution in [0.3, 0.4) is 0 Å². The van der Waals surface area contributed by atoms with Gasteiger partial charge in [-0.25, -0.2) is 0 Å². The van der Waals surface area contributed by atoms with Gasteiger partial charge in [-0.2, -0.15) is 8.42 Å². The van der Waals surface area contributed by atoms with E-state index in [0.717, 1.165) is 0 Å². The average molecular weight is 236 g/mol. The molecular formula is C9H16O5S. The van der Waals surface area contributed by atoms with Crippen LogP contribution in [0.15, 0.2) is 24.7 Å². The minimum atomic E-state index is -4.16. The first-order chi connectivity index (χ1) is 6.83. The van der Waals surface area contributed by atoms with Gasteiger partial charge in [-0.3, -0.25) is 4.55 Å². The summed E-state index contributed by atoms with van der Waals surface area (Å²) in [6.45, 7) is 4.84. The molecule has 0 fully saturated rings. The standard InChI is InChI=1S/C9H16O5S/c1-4-6-13-9(3,14-7-5-2)8-15(10,11)12/h4-7H,8H2,1-3H3,(H,10,11,12). The molecule has 0 radical (unpaired) electrons. The molecule has 0 saturated heterocycles. The maximum Gasteiger partial charge on any atom is 0.272 e. The molecule has 0 atom stereocenters. The Bertz CT molecular complexity index is 314. The monoisotopic (exact) mass is 236 g/mol. The zero-order valence-corrected chi connectivity index (χ0v) is 9.82. The van der Waals surface area contributed by atoms with Gasteiger partial charge in [0.1, 0.15) is 0 Å². The highest BCUT2D eigenvalue weighted by Crippen LogP contribution is 2.16. The Morgan fingerprint density at radius 2 is 1.60 bits per heavy atom. The van der Waals surface area contributed by atoms with E-state index in [1.807, 2.05) is 0 Å². The van der Waals surface area contributed by atoms with Crippen molar-refractivity contribution in [2.24, 2.45) is 0 Å². The smallest absolute Gasteiger partial charge is 0.272 e. The van der Waals surface area contributed by atoms with Crippen LogP contribution < -0.4 is 0 Å². The molecule has 0 spiro atoms. The van der Waals surface area contributed by atoms with Gasteiger partial charge < -0.3 is 9.47 Å². The topological polar surface area (TPSA) is 72.8 Å². The maximum atomic E-state index is 10.7. The Kier molecular flexibility index (Phi) is 5.38. The summed E-state index contributed by atoms with van der Waals surface area (Å²) >= 11 is 0. The largest absolute Gasteiger partial charge is 0.459 e. The van der Waals surface area contributed by atoms with E-state index in [1.165, 1.54) is 19.4 Å². The first-order valence-corrected chi connectivity index (χ1v) is 5.97. The van der Waals surface area contributed by atoms with Gasteiger partial charge in [0.2, 0.25) is 0 Å². The molecule has 15 heavy (non-hydrogen) atoms. The molecule has 88 valence electrons. The summed E-state index contributed by atoms with van der Waals surface area (Å²) in [7, 11) is -4.16. The van der Waals surface area contributed by atoms with E-state index in [0.29, 0.717) is 0 Å². The second-order valence-electron chi connectivity index (χ2n) is 3.03. The van der Waals surface area contributed by atoms with Crippen LogP contribution in [0.5, 0.6) is 0 Å². The quantitative estimate of drug-likeness (QED) is 0.431. The fourth-order valence-electron chi connectivity index (χ4n) is 0.851. The van der Waals surface area contributed by atoms with Gasteiger partial charge in [0.05, 0.1) is 12.5 Å². The summed E-state index contributed by atoms with van der Waals surface area (Å²) in [5.74, 6) is -2.07. The van der Waals surface area contributed by atoms with E-state index in [4.69, 9.17) is 14.0 Å². The molecule has 0 aromatic carbocycles. The van der Waals surface area contributed by atoms with Crippen LogP contribution in [0.25, 0.3) is 0 Å². The van der Waals surface area contributed by atoms with Gasteiger partial charge >= 0.3 is 0 Å². The van der Waals surface area contributed by atoms with Crippen molar-refractivity contribution in [1.82, 2.24) is 0 Å². The van der Waals surface area contributed by atoms with Crippen molar-refractivity contribution in [3.05, 3.63) is 24.7 Å². The normalized spacial score (nSPS) is 16.8. The first-order valence-electron chi connectivity index (χ1n) is 4.36. The number of ether oxygens (including phenoxy) is 2. The lowest BCUT2D eigenvalue weighted by atomic mass is 10.4. The number of rotatable bonds is 6. The summed E-state index contributed by atoms with van der Waals surface area (Å²) in [4.78, 5) is 0. The summed E-state index contributed by atoms with van der Waals surface area (Å²) in [6, 6.07) is 0. The van der Waals surface area contributed by atoms with Gasteiger partial charge in [-0.15, -0.1) is 0 Å². The summed E-state index contributed by atoms with van der Waals surface area (Å²) in [5, 5.41) is 0. The first kappa shape index (κ1) is 14.0. The van der Waals surface area contributed by atoms with Crippen LogP contribution in [0.2, 0.25) is 0 Å². The summed E-state index contributed by atoms with van der Waals surface area (Å²) < 4.78 is 40.3. The third-order valence-electron chi connectivity index (χ3n) is 1.35.